The second kappa shape index (κ2) is 7.63. The number of carbonyl (C=O) groups excluding carboxylic acids is 1. The topological polar surface area (TPSA) is 88.5 Å². The highest BCUT2D eigenvalue weighted by molar-refractivity contribution is 5.99. The minimum absolute atomic E-state index is 0.225. The van der Waals surface area contributed by atoms with Crippen molar-refractivity contribution in [1.82, 2.24) is 30.0 Å². The van der Waals surface area contributed by atoms with E-state index < -0.39 is 0 Å². The van der Waals surface area contributed by atoms with Crippen molar-refractivity contribution in [3.05, 3.63) is 96.7 Å². The molecule has 0 saturated heterocycles. The van der Waals surface area contributed by atoms with Gasteiger partial charge in [-0.15, -0.1) is 0 Å². The fraction of sp³-hybridized carbons (Fsp3) is 0.0435. The number of para-hydroxylation sites is 3. The summed E-state index contributed by atoms with van der Waals surface area (Å²) in [6.07, 6.45) is 5.14. The highest BCUT2D eigenvalue weighted by Crippen LogP contribution is 2.23. The summed E-state index contributed by atoms with van der Waals surface area (Å²) in [5, 5.41) is 7.60. The van der Waals surface area contributed by atoms with Gasteiger partial charge >= 0.3 is 0 Å². The number of nitrogens with zero attached hydrogens (tertiary/aromatic N) is 4. The van der Waals surface area contributed by atoms with Gasteiger partial charge in [0.2, 0.25) is 0 Å². The van der Waals surface area contributed by atoms with Crippen LogP contribution in [0.5, 0.6) is 0 Å². The lowest BCUT2D eigenvalue weighted by atomic mass is 10.1. The van der Waals surface area contributed by atoms with Gasteiger partial charge in [0.15, 0.2) is 0 Å². The highest BCUT2D eigenvalue weighted by Gasteiger charge is 2.19. The summed E-state index contributed by atoms with van der Waals surface area (Å²) in [5.74, 6) is 0.472. The number of rotatable bonds is 5. The molecule has 0 aliphatic heterocycles. The average molecular weight is 394 g/mol. The van der Waals surface area contributed by atoms with E-state index in [2.05, 4.69) is 25.4 Å². The molecule has 0 radical (unpaired) electrons. The Kier molecular flexibility index (Phi) is 4.53. The lowest BCUT2D eigenvalue weighted by Gasteiger charge is -2.03. The van der Waals surface area contributed by atoms with Gasteiger partial charge in [-0.1, -0.05) is 30.3 Å². The number of nitrogens with one attached hydrogen (secondary N) is 2. The highest BCUT2D eigenvalue weighted by atomic mass is 16.1. The van der Waals surface area contributed by atoms with Crippen LogP contribution in [0, 0.1) is 0 Å². The monoisotopic (exact) mass is 394 g/mol. The van der Waals surface area contributed by atoms with Gasteiger partial charge in [-0.05, 0) is 36.4 Å². The van der Waals surface area contributed by atoms with E-state index in [4.69, 9.17) is 0 Å². The molecule has 0 saturated carbocycles. The molecule has 30 heavy (non-hydrogen) atoms. The van der Waals surface area contributed by atoms with Gasteiger partial charge in [0, 0.05) is 24.2 Å². The van der Waals surface area contributed by atoms with Crippen LogP contribution < -0.4 is 5.32 Å². The third-order valence-corrected chi connectivity index (χ3v) is 4.77. The molecule has 1 amide bonds. The Morgan fingerprint density at radius 1 is 1.00 bits per heavy atom. The van der Waals surface area contributed by atoms with Crippen LogP contribution in [0.4, 0.5) is 0 Å². The number of amides is 1. The van der Waals surface area contributed by atoms with E-state index in [-0.39, 0.29) is 12.5 Å². The van der Waals surface area contributed by atoms with Crippen molar-refractivity contribution in [3.63, 3.8) is 0 Å². The Labute approximate surface area is 172 Å². The molecule has 146 valence electrons. The number of imidazole rings is 1. The minimum atomic E-state index is -0.225. The minimum Gasteiger partial charge on any atom is -0.345 e. The first-order valence-electron chi connectivity index (χ1n) is 9.55. The zero-order chi connectivity index (χ0) is 20.3. The summed E-state index contributed by atoms with van der Waals surface area (Å²) in [4.78, 5) is 24.9. The lowest BCUT2D eigenvalue weighted by Crippen LogP contribution is -2.23. The van der Waals surface area contributed by atoms with E-state index >= 15 is 0 Å². The van der Waals surface area contributed by atoms with Gasteiger partial charge in [0.25, 0.3) is 5.91 Å². The summed E-state index contributed by atoms with van der Waals surface area (Å²) in [7, 11) is 0. The van der Waals surface area contributed by atoms with Crippen LogP contribution in [-0.4, -0.2) is 30.6 Å². The zero-order valence-corrected chi connectivity index (χ0v) is 16.0. The fourth-order valence-corrected chi connectivity index (χ4v) is 3.32. The Bertz CT molecular complexity index is 1270. The molecule has 0 spiro atoms. The van der Waals surface area contributed by atoms with E-state index in [1.807, 2.05) is 66.7 Å². The predicted molar refractivity (Wildman–Crippen MR) is 114 cm³/mol. The Morgan fingerprint density at radius 3 is 2.63 bits per heavy atom. The number of hydrogen-bond acceptors (Lipinski definition) is 4. The van der Waals surface area contributed by atoms with E-state index in [0.717, 1.165) is 22.3 Å². The largest absolute Gasteiger partial charge is 0.345 e. The van der Waals surface area contributed by atoms with Crippen LogP contribution in [0.1, 0.15) is 16.2 Å². The lowest BCUT2D eigenvalue weighted by molar-refractivity contribution is 0.0950. The van der Waals surface area contributed by atoms with Crippen LogP contribution in [0.3, 0.4) is 0 Å². The number of hydrogen-bond donors (Lipinski definition) is 2. The number of fused-ring (bicyclic) bond motifs is 1. The fourth-order valence-electron chi connectivity index (χ4n) is 3.32. The Hall–Kier alpha value is -4.26. The zero-order valence-electron chi connectivity index (χ0n) is 16.0. The second-order valence-corrected chi connectivity index (χ2v) is 6.80. The summed E-state index contributed by atoms with van der Waals surface area (Å²) in [6.45, 7) is 0.288. The molecule has 5 aromatic rings. The molecule has 5 rings (SSSR count). The van der Waals surface area contributed by atoms with Crippen molar-refractivity contribution in [1.29, 1.82) is 0 Å². The van der Waals surface area contributed by atoms with Gasteiger partial charge in [0.1, 0.15) is 11.5 Å². The summed E-state index contributed by atoms with van der Waals surface area (Å²) >= 11 is 0. The molecule has 0 atom stereocenters. The SMILES string of the molecule is O=C(NCc1nc2ccccc2[nH]1)c1cn(-c2ccccc2)nc1-c1cccnc1. The van der Waals surface area contributed by atoms with Crippen molar-refractivity contribution in [3.8, 4) is 16.9 Å². The second-order valence-electron chi connectivity index (χ2n) is 6.80. The van der Waals surface area contributed by atoms with E-state index in [0.29, 0.717) is 17.1 Å². The smallest absolute Gasteiger partial charge is 0.255 e. The maximum atomic E-state index is 13.0. The van der Waals surface area contributed by atoms with Crippen LogP contribution >= 0.6 is 0 Å². The molecule has 2 N–H and O–H groups in total. The molecule has 2 aromatic carbocycles. The van der Waals surface area contributed by atoms with Crippen molar-refractivity contribution in [2.75, 3.05) is 0 Å². The van der Waals surface area contributed by atoms with Crippen molar-refractivity contribution in [2.45, 2.75) is 6.54 Å². The van der Waals surface area contributed by atoms with Gasteiger partial charge in [-0.2, -0.15) is 5.10 Å². The predicted octanol–water partition coefficient (Wildman–Crippen LogP) is 3.74. The van der Waals surface area contributed by atoms with Crippen molar-refractivity contribution >= 4 is 16.9 Å². The molecule has 0 aliphatic carbocycles. The van der Waals surface area contributed by atoms with E-state index in [1.165, 1.54) is 0 Å². The number of aromatic nitrogens is 5. The quantitative estimate of drug-likeness (QED) is 0.475. The molecule has 0 fully saturated rings. The standard InChI is InChI=1S/C23H18N6O/c30-23(25-14-21-26-19-10-4-5-11-20(19)27-21)18-15-29(17-8-2-1-3-9-17)28-22(18)16-7-6-12-24-13-16/h1-13,15H,14H2,(H,25,30)(H,26,27). The Morgan fingerprint density at radius 2 is 1.83 bits per heavy atom. The molecular formula is C23H18N6O. The first-order chi connectivity index (χ1) is 14.8. The first kappa shape index (κ1) is 17.8. The van der Waals surface area contributed by atoms with Crippen LogP contribution in [0.15, 0.2) is 85.3 Å². The number of carbonyl (C=O) groups is 1. The third kappa shape index (κ3) is 3.44. The number of H-pyrrole nitrogens is 1. The normalized spacial score (nSPS) is 10.9. The molecule has 0 unspecified atom stereocenters. The molecule has 7 nitrogen and oxygen atoms in total. The van der Waals surface area contributed by atoms with E-state index in [9.17, 15) is 4.79 Å². The molecule has 0 bridgehead atoms. The molecule has 3 aromatic heterocycles. The maximum absolute atomic E-state index is 13.0. The van der Waals surface area contributed by atoms with Crippen LogP contribution in [-0.2, 0) is 6.54 Å². The maximum Gasteiger partial charge on any atom is 0.255 e. The van der Waals surface area contributed by atoms with Gasteiger partial charge in [-0.3, -0.25) is 9.78 Å². The average Bonchev–Trinajstić information content (AvgIpc) is 3.43. The Balaban J connectivity index is 1.45. The summed E-state index contributed by atoms with van der Waals surface area (Å²) < 4.78 is 1.71. The van der Waals surface area contributed by atoms with Crippen molar-refractivity contribution in [2.24, 2.45) is 0 Å². The van der Waals surface area contributed by atoms with Crippen LogP contribution in [0.2, 0.25) is 0 Å². The third-order valence-electron chi connectivity index (χ3n) is 4.77. The number of aromatic amines is 1. The first-order valence-corrected chi connectivity index (χ1v) is 9.55. The van der Waals surface area contributed by atoms with E-state index in [1.54, 1.807) is 23.3 Å². The molecule has 7 heteroatoms. The van der Waals surface area contributed by atoms with Crippen molar-refractivity contribution < 1.29 is 4.79 Å². The summed E-state index contributed by atoms with van der Waals surface area (Å²) in [6, 6.07) is 21.2. The molecular weight excluding hydrogens is 376 g/mol. The van der Waals surface area contributed by atoms with Gasteiger partial charge < -0.3 is 10.3 Å². The molecule has 0 aliphatic rings. The number of benzene rings is 2. The number of pyridine rings is 1. The van der Waals surface area contributed by atoms with Gasteiger partial charge in [0.05, 0.1) is 28.8 Å². The van der Waals surface area contributed by atoms with Gasteiger partial charge in [-0.25, -0.2) is 9.67 Å². The van der Waals surface area contributed by atoms with Crippen LogP contribution in [0.25, 0.3) is 28.0 Å². The summed E-state index contributed by atoms with van der Waals surface area (Å²) in [5.41, 5.74) is 4.52. The molecule has 3 heterocycles.